The van der Waals surface area contributed by atoms with Gasteiger partial charge in [0, 0.05) is 36.4 Å². The lowest BCUT2D eigenvalue weighted by atomic mass is 9.89. The Morgan fingerprint density at radius 3 is 2.65 bits per heavy atom. The quantitative estimate of drug-likeness (QED) is 0.339. The van der Waals surface area contributed by atoms with Gasteiger partial charge in [0.2, 0.25) is 5.91 Å². The fourth-order valence-corrected chi connectivity index (χ4v) is 5.14. The van der Waals surface area contributed by atoms with Gasteiger partial charge in [-0.1, -0.05) is 0 Å². The van der Waals surface area contributed by atoms with E-state index < -0.39 is 24.5 Å². The third kappa shape index (κ3) is 6.06. The number of carbonyl (C=O) groups is 2. The molecule has 5 rings (SSSR count). The van der Waals surface area contributed by atoms with Crippen LogP contribution < -0.4 is 15.4 Å². The van der Waals surface area contributed by atoms with Gasteiger partial charge in [-0.05, 0) is 56.7 Å². The van der Waals surface area contributed by atoms with E-state index in [0.717, 1.165) is 12.8 Å². The van der Waals surface area contributed by atoms with E-state index in [2.05, 4.69) is 25.6 Å². The molecule has 0 aliphatic heterocycles. The Bertz CT molecular complexity index is 1390. The van der Waals surface area contributed by atoms with E-state index in [9.17, 15) is 18.4 Å². The molecule has 2 amide bonds. The van der Waals surface area contributed by atoms with Gasteiger partial charge in [0.1, 0.15) is 36.1 Å². The SMILES string of the molecule is COCC(=O)N[C@@H]1CC[C@H](NC(=O)c2c(C)[nH]c3c(-c4cc(C(F)F)ccc4OCC4CC4)ncnc23)[C@H](F)C1. The highest BCUT2D eigenvalue weighted by Crippen LogP contribution is 2.38. The van der Waals surface area contributed by atoms with Crippen LogP contribution in [0.4, 0.5) is 13.2 Å². The molecule has 2 aromatic heterocycles. The van der Waals surface area contributed by atoms with Crippen LogP contribution in [0.15, 0.2) is 24.5 Å². The standard InChI is InChI=1S/C28H32F3N5O4/c1-14-23(28(38)36-20-7-6-17(10-19(20)29)35-22(37)12-39-2)25-26(34-14)24(32-13-33-25)18-9-16(27(30)31)5-8-21(18)40-11-15-3-4-15/h5,8-9,13,15,17,19-20,27,34H,3-4,6-7,10-12H2,1-2H3,(H,35,37)(H,36,38)/t17-,19-,20+/m1/s1. The Morgan fingerprint density at radius 2 is 1.95 bits per heavy atom. The fraction of sp³-hybridized carbons (Fsp3) is 0.500. The Balaban J connectivity index is 1.39. The molecular weight excluding hydrogens is 527 g/mol. The normalized spacial score (nSPS) is 21.0. The zero-order chi connectivity index (χ0) is 28.4. The zero-order valence-electron chi connectivity index (χ0n) is 22.3. The van der Waals surface area contributed by atoms with E-state index in [-0.39, 0.29) is 36.1 Å². The van der Waals surface area contributed by atoms with Gasteiger partial charge in [-0.25, -0.2) is 23.1 Å². The number of H-pyrrole nitrogens is 1. The molecule has 2 fully saturated rings. The van der Waals surface area contributed by atoms with Crippen molar-refractivity contribution in [1.29, 1.82) is 0 Å². The number of aromatic amines is 1. The van der Waals surface area contributed by atoms with E-state index in [1.807, 2.05) is 0 Å². The molecular formula is C28H32F3N5O4. The molecule has 2 aliphatic carbocycles. The third-order valence-electron chi connectivity index (χ3n) is 7.41. The fourth-order valence-electron chi connectivity index (χ4n) is 5.14. The van der Waals surface area contributed by atoms with Crippen molar-refractivity contribution < 1.29 is 32.2 Å². The topological polar surface area (TPSA) is 118 Å². The number of aryl methyl sites for hydroxylation is 1. The number of alkyl halides is 3. The second-order valence-electron chi connectivity index (χ2n) is 10.5. The van der Waals surface area contributed by atoms with Gasteiger partial charge in [-0.2, -0.15) is 0 Å². The van der Waals surface area contributed by atoms with E-state index in [4.69, 9.17) is 9.47 Å². The first kappa shape index (κ1) is 27.9. The zero-order valence-corrected chi connectivity index (χ0v) is 22.3. The maximum absolute atomic E-state index is 15.0. The van der Waals surface area contributed by atoms with Crippen LogP contribution in [-0.2, 0) is 9.53 Å². The number of amides is 2. The molecule has 0 radical (unpaired) electrons. The summed E-state index contributed by atoms with van der Waals surface area (Å²) in [5.74, 6) is 0.0537. The number of hydrogen-bond acceptors (Lipinski definition) is 6. The van der Waals surface area contributed by atoms with E-state index in [0.29, 0.717) is 59.1 Å². The third-order valence-corrected chi connectivity index (χ3v) is 7.41. The minimum atomic E-state index is -2.68. The summed E-state index contributed by atoms with van der Waals surface area (Å²) in [6, 6.07) is 3.13. The molecule has 12 heteroatoms. The number of carbonyl (C=O) groups excluding carboxylic acids is 2. The summed E-state index contributed by atoms with van der Waals surface area (Å²) in [6.07, 6.45) is 0.290. The predicted octanol–water partition coefficient (Wildman–Crippen LogP) is 4.41. The molecule has 40 heavy (non-hydrogen) atoms. The summed E-state index contributed by atoms with van der Waals surface area (Å²) in [6.45, 7) is 2.07. The lowest BCUT2D eigenvalue weighted by Crippen LogP contribution is -2.50. The molecule has 9 nitrogen and oxygen atoms in total. The number of benzene rings is 1. The van der Waals surface area contributed by atoms with Crippen molar-refractivity contribution >= 4 is 22.8 Å². The second kappa shape index (κ2) is 11.8. The molecule has 2 heterocycles. The van der Waals surface area contributed by atoms with Gasteiger partial charge >= 0.3 is 0 Å². The average Bonchev–Trinajstić information content (AvgIpc) is 3.68. The van der Waals surface area contributed by atoms with Crippen LogP contribution in [0.3, 0.4) is 0 Å². The van der Waals surface area contributed by atoms with Crippen LogP contribution >= 0.6 is 0 Å². The summed E-state index contributed by atoms with van der Waals surface area (Å²) in [7, 11) is 1.41. The van der Waals surface area contributed by atoms with Crippen molar-refractivity contribution in [3.8, 4) is 17.0 Å². The first-order valence-corrected chi connectivity index (χ1v) is 13.4. The van der Waals surface area contributed by atoms with Crippen molar-refractivity contribution in [3.05, 3.63) is 41.3 Å². The van der Waals surface area contributed by atoms with Crippen molar-refractivity contribution in [2.45, 2.75) is 63.7 Å². The summed E-state index contributed by atoms with van der Waals surface area (Å²) < 4.78 is 53.0. The second-order valence-corrected chi connectivity index (χ2v) is 10.5. The molecule has 0 saturated heterocycles. The van der Waals surface area contributed by atoms with Crippen LogP contribution in [0.2, 0.25) is 0 Å². The first-order chi connectivity index (χ1) is 19.2. The largest absolute Gasteiger partial charge is 0.493 e. The Hall–Kier alpha value is -3.67. The number of rotatable bonds is 10. The molecule has 1 aromatic carbocycles. The van der Waals surface area contributed by atoms with Gasteiger partial charge in [-0.15, -0.1) is 0 Å². The number of nitrogens with one attached hydrogen (secondary N) is 3. The van der Waals surface area contributed by atoms with Gasteiger partial charge in [0.15, 0.2) is 0 Å². The summed E-state index contributed by atoms with van der Waals surface area (Å²) >= 11 is 0. The maximum atomic E-state index is 15.0. The number of ether oxygens (including phenoxy) is 2. The van der Waals surface area contributed by atoms with Crippen LogP contribution in [0, 0.1) is 12.8 Å². The molecule has 214 valence electrons. The molecule has 0 bridgehead atoms. The number of aromatic nitrogens is 3. The number of nitrogens with zero attached hydrogens (tertiary/aromatic N) is 2. The summed E-state index contributed by atoms with van der Waals surface area (Å²) in [5, 5.41) is 5.53. The maximum Gasteiger partial charge on any atom is 0.263 e. The number of methoxy groups -OCH3 is 1. The number of hydrogen-bond donors (Lipinski definition) is 3. The highest BCUT2D eigenvalue weighted by molar-refractivity contribution is 6.09. The van der Waals surface area contributed by atoms with Gasteiger partial charge in [-0.3, -0.25) is 9.59 Å². The summed E-state index contributed by atoms with van der Waals surface area (Å²) in [5.41, 5.74) is 1.93. The molecule has 2 aliphatic rings. The van der Waals surface area contributed by atoms with Crippen LogP contribution in [0.5, 0.6) is 5.75 Å². The smallest absolute Gasteiger partial charge is 0.263 e. The Labute approximate surface area is 229 Å². The Kier molecular flexibility index (Phi) is 8.24. The Morgan fingerprint density at radius 1 is 1.15 bits per heavy atom. The predicted molar refractivity (Wildman–Crippen MR) is 141 cm³/mol. The first-order valence-electron chi connectivity index (χ1n) is 13.4. The van der Waals surface area contributed by atoms with Crippen molar-refractivity contribution in [3.63, 3.8) is 0 Å². The molecule has 0 spiro atoms. The lowest BCUT2D eigenvalue weighted by Gasteiger charge is -2.32. The van der Waals surface area contributed by atoms with E-state index >= 15 is 4.39 Å². The van der Waals surface area contributed by atoms with Gasteiger partial charge in [0.05, 0.1) is 23.7 Å². The highest BCUT2D eigenvalue weighted by Gasteiger charge is 2.34. The van der Waals surface area contributed by atoms with E-state index in [1.165, 1.54) is 31.6 Å². The number of halogens is 3. The van der Waals surface area contributed by atoms with Crippen LogP contribution in [-0.4, -0.2) is 65.3 Å². The van der Waals surface area contributed by atoms with Gasteiger partial charge in [0.25, 0.3) is 12.3 Å². The molecule has 2 saturated carbocycles. The minimum Gasteiger partial charge on any atom is -0.493 e. The van der Waals surface area contributed by atoms with Crippen LogP contribution in [0.1, 0.15) is 60.1 Å². The van der Waals surface area contributed by atoms with Crippen molar-refractivity contribution in [2.24, 2.45) is 5.92 Å². The molecule has 3 aromatic rings. The average molecular weight is 560 g/mol. The summed E-state index contributed by atoms with van der Waals surface area (Å²) in [4.78, 5) is 37.0. The van der Waals surface area contributed by atoms with Crippen LogP contribution in [0.25, 0.3) is 22.3 Å². The van der Waals surface area contributed by atoms with E-state index in [1.54, 1.807) is 6.92 Å². The highest BCUT2D eigenvalue weighted by atomic mass is 19.3. The monoisotopic (exact) mass is 559 g/mol. The number of fused-ring (bicyclic) bond motifs is 1. The van der Waals surface area contributed by atoms with Crippen molar-refractivity contribution in [2.75, 3.05) is 20.3 Å². The molecule has 3 atom stereocenters. The minimum absolute atomic E-state index is 0.0731. The molecule has 3 N–H and O–H groups in total. The molecule has 0 unspecified atom stereocenters. The van der Waals surface area contributed by atoms with Gasteiger partial charge < -0.3 is 25.1 Å². The van der Waals surface area contributed by atoms with Crippen molar-refractivity contribution in [1.82, 2.24) is 25.6 Å². The lowest BCUT2D eigenvalue weighted by molar-refractivity contribution is -0.125.